The van der Waals surface area contributed by atoms with Gasteiger partial charge in [-0.25, -0.2) is 4.39 Å². The lowest BCUT2D eigenvalue weighted by molar-refractivity contribution is 0.104. The molecule has 0 saturated carbocycles. The van der Waals surface area contributed by atoms with Crippen molar-refractivity contribution in [2.45, 2.75) is 0 Å². The maximum atomic E-state index is 13.4. The Labute approximate surface area is 128 Å². The SMILES string of the molecule is COc1ccc(C(=O)c2c[nH]c3ccc(F)cc23)cc1Br. The van der Waals surface area contributed by atoms with Crippen molar-refractivity contribution in [2.75, 3.05) is 7.11 Å². The van der Waals surface area contributed by atoms with E-state index in [1.54, 1.807) is 37.6 Å². The summed E-state index contributed by atoms with van der Waals surface area (Å²) in [5.41, 5.74) is 1.68. The molecule has 106 valence electrons. The van der Waals surface area contributed by atoms with Crippen molar-refractivity contribution in [3.63, 3.8) is 0 Å². The molecule has 3 rings (SSSR count). The van der Waals surface area contributed by atoms with E-state index in [4.69, 9.17) is 4.74 Å². The maximum Gasteiger partial charge on any atom is 0.195 e. The summed E-state index contributed by atoms with van der Waals surface area (Å²) in [7, 11) is 1.56. The molecule has 0 spiro atoms. The fourth-order valence-corrected chi connectivity index (χ4v) is 2.78. The van der Waals surface area contributed by atoms with E-state index in [0.717, 1.165) is 5.52 Å². The molecule has 1 aromatic heterocycles. The van der Waals surface area contributed by atoms with Crippen molar-refractivity contribution in [1.82, 2.24) is 4.98 Å². The fourth-order valence-electron chi connectivity index (χ4n) is 2.24. The van der Waals surface area contributed by atoms with Crippen LogP contribution >= 0.6 is 15.9 Å². The van der Waals surface area contributed by atoms with E-state index < -0.39 is 0 Å². The molecule has 0 fully saturated rings. The zero-order valence-corrected chi connectivity index (χ0v) is 12.7. The minimum absolute atomic E-state index is 0.171. The van der Waals surface area contributed by atoms with Gasteiger partial charge in [-0.3, -0.25) is 4.79 Å². The van der Waals surface area contributed by atoms with Crippen LogP contribution in [0.15, 0.2) is 47.1 Å². The molecule has 1 heterocycles. The van der Waals surface area contributed by atoms with Crippen LogP contribution in [0.4, 0.5) is 4.39 Å². The van der Waals surface area contributed by atoms with Crippen LogP contribution in [0, 0.1) is 5.82 Å². The van der Waals surface area contributed by atoms with Crippen molar-refractivity contribution in [3.05, 3.63) is 64.0 Å². The number of ether oxygens (including phenoxy) is 1. The first kappa shape index (κ1) is 13.8. The lowest BCUT2D eigenvalue weighted by atomic mass is 10.0. The van der Waals surface area contributed by atoms with Crippen molar-refractivity contribution in [1.29, 1.82) is 0 Å². The van der Waals surface area contributed by atoms with Gasteiger partial charge in [-0.2, -0.15) is 0 Å². The van der Waals surface area contributed by atoms with Gasteiger partial charge >= 0.3 is 0 Å². The van der Waals surface area contributed by atoms with E-state index in [1.165, 1.54) is 12.1 Å². The molecule has 3 nitrogen and oxygen atoms in total. The van der Waals surface area contributed by atoms with E-state index in [2.05, 4.69) is 20.9 Å². The largest absolute Gasteiger partial charge is 0.496 e. The predicted molar refractivity (Wildman–Crippen MR) is 82.4 cm³/mol. The normalized spacial score (nSPS) is 10.8. The lowest BCUT2D eigenvalue weighted by Gasteiger charge is -2.05. The van der Waals surface area contributed by atoms with Gasteiger partial charge in [0, 0.05) is 28.2 Å². The number of fused-ring (bicyclic) bond motifs is 1. The fraction of sp³-hybridized carbons (Fsp3) is 0.0625. The predicted octanol–water partition coefficient (Wildman–Crippen LogP) is 4.31. The van der Waals surface area contributed by atoms with Gasteiger partial charge in [0.2, 0.25) is 0 Å². The van der Waals surface area contributed by atoms with E-state index >= 15 is 0 Å². The summed E-state index contributed by atoms with van der Waals surface area (Å²) < 4.78 is 19.2. The summed E-state index contributed by atoms with van der Waals surface area (Å²) in [6.45, 7) is 0. The second-order valence-corrected chi connectivity index (χ2v) is 5.43. The zero-order valence-electron chi connectivity index (χ0n) is 11.1. The highest BCUT2D eigenvalue weighted by Crippen LogP contribution is 2.28. The molecule has 5 heteroatoms. The Kier molecular flexibility index (Phi) is 3.51. The molecule has 0 atom stereocenters. The van der Waals surface area contributed by atoms with Crippen LogP contribution < -0.4 is 4.74 Å². The lowest BCUT2D eigenvalue weighted by Crippen LogP contribution is -2.01. The number of aromatic amines is 1. The number of hydrogen-bond acceptors (Lipinski definition) is 2. The minimum Gasteiger partial charge on any atom is -0.496 e. The molecule has 0 aliphatic rings. The van der Waals surface area contributed by atoms with E-state index in [1.807, 2.05) is 0 Å². The quantitative estimate of drug-likeness (QED) is 0.717. The number of nitrogens with one attached hydrogen (secondary N) is 1. The summed E-state index contributed by atoms with van der Waals surface area (Å²) >= 11 is 3.36. The molecule has 3 aromatic rings. The Hall–Kier alpha value is -2.14. The van der Waals surface area contributed by atoms with Crippen LogP contribution in [0.2, 0.25) is 0 Å². The molecule has 0 unspecified atom stereocenters. The molecule has 0 aliphatic heterocycles. The first-order valence-corrected chi connectivity index (χ1v) is 7.04. The number of methoxy groups -OCH3 is 1. The van der Waals surface area contributed by atoms with Crippen molar-refractivity contribution in [3.8, 4) is 5.75 Å². The van der Waals surface area contributed by atoms with Gasteiger partial charge in [-0.15, -0.1) is 0 Å². The number of halogens is 2. The van der Waals surface area contributed by atoms with Gasteiger partial charge in [0.1, 0.15) is 11.6 Å². The monoisotopic (exact) mass is 347 g/mol. The van der Waals surface area contributed by atoms with Gasteiger partial charge in [-0.1, -0.05) is 0 Å². The average molecular weight is 348 g/mol. The standard InChI is InChI=1S/C16H11BrFNO2/c1-21-15-5-2-9(6-13(15)17)16(20)12-8-19-14-4-3-10(18)7-11(12)14/h2-8,19H,1H3. The highest BCUT2D eigenvalue weighted by molar-refractivity contribution is 9.10. The molecule has 0 amide bonds. The molecule has 0 bridgehead atoms. The number of carbonyl (C=O) groups is 1. The summed E-state index contributed by atoms with van der Waals surface area (Å²) in [5.74, 6) is 0.110. The molecular weight excluding hydrogens is 337 g/mol. The van der Waals surface area contributed by atoms with Gasteiger partial charge in [-0.05, 0) is 52.3 Å². The van der Waals surface area contributed by atoms with Crippen molar-refractivity contribution >= 4 is 32.6 Å². The van der Waals surface area contributed by atoms with Crippen molar-refractivity contribution in [2.24, 2.45) is 0 Å². The highest BCUT2D eigenvalue weighted by Gasteiger charge is 2.16. The first-order chi connectivity index (χ1) is 10.1. The molecule has 0 radical (unpaired) electrons. The first-order valence-electron chi connectivity index (χ1n) is 6.25. The molecule has 2 aromatic carbocycles. The smallest absolute Gasteiger partial charge is 0.195 e. The van der Waals surface area contributed by atoms with Crippen molar-refractivity contribution < 1.29 is 13.9 Å². The van der Waals surface area contributed by atoms with Crippen LogP contribution in [-0.2, 0) is 0 Å². The molecular formula is C16H11BrFNO2. The van der Waals surface area contributed by atoms with Crippen LogP contribution in [0.5, 0.6) is 5.75 Å². The van der Waals surface area contributed by atoms with Gasteiger partial charge in [0.15, 0.2) is 5.78 Å². The Morgan fingerprint density at radius 2 is 2.05 bits per heavy atom. The molecule has 1 N–H and O–H groups in total. The topological polar surface area (TPSA) is 42.1 Å². The van der Waals surface area contributed by atoms with Gasteiger partial charge in [0.25, 0.3) is 0 Å². The summed E-state index contributed by atoms with van der Waals surface area (Å²) in [4.78, 5) is 15.6. The number of rotatable bonds is 3. The third kappa shape index (κ3) is 2.45. The number of H-pyrrole nitrogens is 1. The second kappa shape index (κ2) is 5.33. The van der Waals surface area contributed by atoms with E-state index in [-0.39, 0.29) is 11.6 Å². The zero-order chi connectivity index (χ0) is 15.0. The van der Waals surface area contributed by atoms with Gasteiger partial charge < -0.3 is 9.72 Å². The van der Waals surface area contributed by atoms with Gasteiger partial charge in [0.05, 0.1) is 11.6 Å². The number of carbonyl (C=O) groups excluding carboxylic acids is 1. The van der Waals surface area contributed by atoms with Crippen LogP contribution in [0.1, 0.15) is 15.9 Å². The third-order valence-corrected chi connectivity index (χ3v) is 3.92. The molecule has 0 saturated heterocycles. The summed E-state index contributed by atoms with van der Waals surface area (Å²) in [6.07, 6.45) is 1.60. The van der Waals surface area contributed by atoms with Crippen LogP contribution in [-0.4, -0.2) is 17.9 Å². The Morgan fingerprint density at radius 1 is 1.24 bits per heavy atom. The average Bonchev–Trinajstić information content (AvgIpc) is 2.89. The summed E-state index contributed by atoms with van der Waals surface area (Å²) in [6, 6.07) is 9.43. The third-order valence-electron chi connectivity index (χ3n) is 3.30. The van der Waals surface area contributed by atoms with Crippen LogP contribution in [0.25, 0.3) is 10.9 Å². The van der Waals surface area contributed by atoms with E-state index in [0.29, 0.717) is 26.7 Å². The summed E-state index contributed by atoms with van der Waals surface area (Å²) in [5, 5.41) is 0.576. The molecule has 0 aliphatic carbocycles. The Morgan fingerprint density at radius 3 is 2.76 bits per heavy atom. The number of aromatic nitrogens is 1. The number of ketones is 1. The van der Waals surface area contributed by atoms with E-state index in [9.17, 15) is 9.18 Å². The maximum absolute atomic E-state index is 13.4. The minimum atomic E-state index is -0.368. The Bertz CT molecular complexity index is 841. The number of benzene rings is 2. The highest BCUT2D eigenvalue weighted by atomic mass is 79.9. The second-order valence-electron chi connectivity index (χ2n) is 4.57. The van der Waals surface area contributed by atoms with Crippen LogP contribution in [0.3, 0.4) is 0 Å². The molecule has 21 heavy (non-hydrogen) atoms. The number of hydrogen-bond donors (Lipinski definition) is 1. The Balaban J connectivity index is 2.08.